The molecule has 8 heteroatoms. The van der Waals surface area contributed by atoms with E-state index in [0.717, 1.165) is 21.4 Å². The molecule has 2 aromatic heterocycles. The molecule has 1 aliphatic rings. The number of nitrogens with zero attached hydrogens (tertiary/aromatic N) is 2. The maximum Gasteiger partial charge on any atom is 0.226 e. The maximum atomic E-state index is 12.6. The molecule has 30 heavy (non-hydrogen) atoms. The lowest BCUT2D eigenvalue weighted by molar-refractivity contribution is -0.116. The van der Waals surface area contributed by atoms with Crippen LogP contribution in [0.5, 0.6) is 0 Å². The summed E-state index contributed by atoms with van der Waals surface area (Å²) in [6.45, 7) is 2.53. The molecule has 5 nitrogen and oxygen atoms in total. The standard InChI is InChI=1S/C22H21BrN4OS2/c1-14-5-4-6-16(11-14)25-19(28)8-10-27-21(18-12-15(23)13-30-18)20(26-22(27)29)17-7-2-3-9-24-17/h2-7,9,11-13,20-21H,8,10H2,1H3,(H,25,28)(H,26,29)/t20-,21+/m0/s1. The van der Waals surface area contributed by atoms with Crippen LogP contribution in [-0.4, -0.2) is 27.4 Å². The minimum atomic E-state index is -0.0657. The summed E-state index contributed by atoms with van der Waals surface area (Å²) in [7, 11) is 0. The summed E-state index contributed by atoms with van der Waals surface area (Å²) in [4.78, 5) is 20.4. The first kappa shape index (κ1) is 21.0. The van der Waals surface area contributed by atoms with Crippen LogP contribution in [-0.2, 0) is 4.79 Å². The van der Waals surface area contributed by atoms with Crippen molar-refractivity contribution in [1.82, 2.24) is 15.2 Å². The van der Waals surface area contributed by atoms with Crippen LogP contribution in [0.2, 0.25) is 0 Å². The van der Waals surface area contributed by atoms with Gasteiger partial charge >= 0.3 is 0 Å². The van der Waals surface area contributed by atoms with Gasteiger partial charge in [0.15, 0.2) is 5.11 Å². The summed E-state index contributed by atoms with van der Waals surface area (Å²) in [6.07, 6.45) is 2.13. The minimum Gasteiger partial charge on any atom is -0.352 e. The van der Waals surface area contributed by atoms with Crippen molar-refractivity contribution in [2.45, 2.75) is 25.4 Å². The van der Waals surface area contributed by atoms with Gasteiger partial charge in [0.2, 0.25) is 5.91 Å². The van der Waals surface area contributed by atoms with Crippen LogP contribution in [0.3, 0.4) is 0 Å². The molecule has 4 rings (SSSR count). The minimum absolute atomic E-state index is 0.0181. The lowest BCUT2D eigenvalue weighted by atomic mass is 10.0. The molecular formula is C22H21BrN4OS2. The highest BCUT2D eigenvalue weighted by molar-refractivity contribution is 9.10. The van der Waals surface area contributed by atoms with Crippen molar-refractivity contribution in [2.75, 3.05) is 11.9 Å². The van der Waals surface area contributed by atoms with Gasteiger partial charge in [-0.05, 0) is 71.0 Å². The number of hydrogen-bond acceptors (Lipinski definition) is 4. The van der Waals surface area contributed by atoms with Crippen LogP contribution in [0.15, 0.2) is 64.6 Å². The van der Waals surface area contributed by atoms with E-state index in [2.05, 4.69) is 47.9 Å². The van der Waals surface area contributed by atoms with E-state index in [1.54, 1.807) is 17.5 Å². The third-order valence-corrected chi connectivity index (χ3v) is 7.08. The molecule has 0 saturated carbocycles. The second-order valence-electron chi connectivity index (χ2n) is 7.15. The average Bonchev–Trinajstić information content (AvgIpc) is 3.30. The third-order valence-electron chi connectivity index (χ3n) is 4.96. The first-order valence-corrected chi connectivity index (χ1v) is 11.7. The number of carbonyl (C=O) groups excluding carboxylic acids is 1. The average molecular weight is 501 g/mol. The fourth-order valence-electron chi connectivity index (χ4n) is 3.61. The Balaban J connectivity index is 1.51. The Hall–Kier alpha value is -2.29. The summed E-state index contributed by atoms with van der Waals surface area (Å²) >= 11 is 10.9. The Morgan fingerprint density at radius 1 is 1.30 bits per heavy atom. The summed E-state index contributed by atoms with van der Waals surface area (Å²) in [5.74, 6) is -0.0317. The van der Waals surface area contributed by atoms with Gasteiger partial charge in [0.1, 0.15) is 0 Å². The Bertz CT molecular complexity index is 1060. The van der Waals surface area contributed by atoms with Crippen LogP contribution in [0.4, 0.5) is 5.69 Å². The molecule has 154 valence electrons. The monoisotopic (exact) mass is 500 g/mol. The normalized spacial score (nSPS) is 18.3. The van der Waals surface area contributed by atoms with Crippen molar-refractivity contribution >= 4 is 56.2 Å². The Labute approximate surface area is 193 Å². The van der Waals surface area contributed by atoms with E-state index in [9.17, 15) is 4.79 Å². The molecule has 1 aliphatic heterocycles. The van der Waals surface area contributed by atoms with Gasteiger partial charge in [-0.15, -0.1) is 11.3 Å². The second-order valence-corrected chi connectivity index (χ2v) is 9.40. The zero-order chi connectivity index (χ0) is 21.1. The van der Waals surface area contributed by atoms with Crippen LogP contribution < -0.4 is 10.6 Å². The molecule has 0 bridgehead atoms. The molecule has 0 radical (unpaired) electrons. The zero-order valence-electron chi connectivity index (χ0n) is 16.3. The molecule has 3 heterocycles. The molecule has 1 aromatic carbocycles. The lowest BCUT2D eigenvalue weighted by Gasteiger charge is -2.26. The van der Waals surface area contributed by atoms with Gasteiger partial charge in [0.05, 0.1) is 17.8 Å². The van der Waals surface area contributed by atoms with Crippen LogP contribution in [0.1, 0.15) is 34.6 Å². The van der Waals surface area contributed by atoms with Crippen molar-refractivity contribution in [1.29, 1.82) is 0 Å². The number of hydrogen-bond donors (Lipinski definition) is 2. The number of thiocarbonyl (C=S) groups is 1. The zero-order valence-corrected chi connectivity index (χ0v) is 19.6. The molecule has 0 unspecified atom stereocenters. The van der Waals surface area contributed by atoms with Gasteiger partial charge in [-0.1, -0.05) is 18.2 Å². The molecule has 2 N–H and O–H groups in total. The predicted molar refractivity (Wildman–Crippen MR) is 129 cm³/mol. The first-order chi connectivity index (χ1) is 14.5. The predicted octanol–water partition coefficient (Wildman–Crippen LogP) is 5.22. The Morgan fingerprint density at radius 3 is 2.87 bits per heavy atom. The second kappa shape index (κ2) is 9.24. The van der Waals surface area contributed by atoms with Gasteiger partial charge in [-0.3, -0.25) is 9.78 Å². The van der Waals surface area contributed by atoms with Crippen molar-refractivity contribution in [2.24, 2.45) is 0 Å². The number of carbonyl (C=O) groups is 1. The fourth-order valence-corrected chi connectivity index (χ4v) is 5.53. The fraction of sp³-hybridized carbons (Fsp3) is 0.227. The van der Waals surface area contributed by atoms with Gasteiger partial charge in [0, 0.05) is 39.6 Å². The van der Waals surface area contributed by atoms with E-state index in [4.69, 9.17) is 12.2 Å². The SMILES string of the molecule is Cc1cccc(NC(=O)CCN2C(=S)N[C@@H](c3ccccn3)[C@H]2c2cc(Br)cs2)c1. The molecule has 2 atom stereocenters. The van der Waals surface area contributed by atoms with Crippen molar-refractivity contribution in [3.05, 3.63) is 80.7 Å². The van der Waals surface area contributed by atoms with E-state index < -0.39 is 0 Å². The van der Waals surface area contributed by atoms with E-state index in [0.29, 0.717) is 18.1 Å². The maximum absolute atomic E-state index is 12.6. The van der Waals surface area contributed by atoms with Gasteiger partial charge in [0.25, 0.3) is 0 Å². The van der Waals surface area contributed by atoms with Crippen molar-refractivity contribution in [3.63, 3.8) is 0 Å². The molecule has 1 fully saturated rings. The molecule has 0 aliphatic carbocycles. The lowest BCUT2D eigenvalue weighted by Crippen LogP contribution is -2.32. The summed E-state index contributed by atoms with van der Waals surface area (Å²) in [5, 5.41) is 9.10. The molecular weight excluding hydrogens is 480 g/mol. The smallest absolute Gasteiger partial charge is 0.226 e. The molecule has 3 aromatic rings. The first-order valence-electron chi connectivity index (χ1n) is 9.60. The Morgan fingerprint density at radius 2 is 2.17 bits per heavy atom. The summed E-state index contributed by atoms with van der Waals surface area (Å²) < 4.78 is 1.04. The third kappa shape index (κ3) is 4.71. The number of thiophene rings is 1. The van der Waals surface area contributed by atoms with Crippen molar-refractivity contribution < 1.29 is 4.79 Å². The highest BCUT2D eigenvalue weighted by Crippen LogP contribution is 2.41. The van der Waals surface area contributed by atoms with Gasteiger partial charge in [-0.2, -0.15) is 0 Å². The number of aryl methyl sites for hydroxylation is 1. The number of rotatable bonds is 6. The van der Waals surface area contributed by atoms with Gasteiger partial charge in [-0.25, -0.2) is 0 Å². The van der Waals surface area contributed by atoms with Crippen LogP contribution >= 0.6 is 39.5 Å². The van der Waals surface area contributed by atoms with E-state index >= 15 is 0 Å². The number of pyridine rings is 1. The van der Waals surface area contributed by atoms with E-state index in [1.165, 1.54) is 4.88 Å². The Kier molecular flexibility index (Phi) is 6.46. The summed E-state index contributed by atoms with van der Waals surface area (Å²) in [6, 6.07) is 15.7. The topological polar surface area (TPSA) is 57.3 Å². The quantitative estimate of drug-likeness (QED) is 0.454. The highest BCUT2D eigenvalue weighted by atomic mass is 79.9. The van der Waals surface area contributed by atoms with Gasteiger partial charge < -0.3 is 15.5 Å². The number of halogens is 1. The molecule has 0 spiro atoms. The van der Waals surface area contributed by atoms with E-state index in [1.807, 2.05) is 49.4 Å². The summed E-state index contributed by atoms with van der Waals surface area (Å²) in [5.41, 5.74) is 2.85. The van der Waals surface area contributed by atoms with Crippen LogP contribution in [0.25, 0.3) is 0 Å². The van der Waals surface area contributed by atoms with Crippen molar-refractivity contribution in [3.8, 4) is 0 Å². The molecule has 1 saturated heterocycles. The van der Waals surface area contributed by atoms with Crippen LogP contribution in [0, 0.1) is 6.92 Å². The largest absolute Gasteiger partial charge is 0.352 e. The highest BCUT2D eigenvalue weighted by Gasteiger charge is 2.40. The number of nitrogens with one attached hydrogen (secondary N) is 2. The number of aromatic nitrogens is 1. The number of anilines is 1. The number of amides is 1. The molecule has 1 amide bonds. The number of benzene rings is 1. The van der Waals surface area contributed by atoms with E-state index in [-0.39, 0.29) is 18.0 Å².